The van der Waals surface area contributed by atoms with Crippen LogP contribution in [0.2, 0.25) is 0 Å². The first-order valence-electron chi connectivity index (χ1n) is 4.52. The zero-order chi connectivity index (χ0) is 12.2. The summed E-state index contributed by atoms with van der Waals surface area (Å²) in [7, 11) is 0. The highest BCUT2D eigenvalue weighted by molar-refractivity contribution is 5.62. The topological polar surface area (TPSA) is 43.1 Å². The fourth-order valence-electron chi connectivity index (χ4n) is 1.22. The summed E-state index contributed by atoms with van der Waals surface area (Å²) in [5, 5.41) is 0. The number of alkyl halides is 3. The third-order valence-corrected chi connectivity index (χ3v) is 1.91. The maximum atomic E-state index is 12.6. The van der Waals surface area contributed by atoms with Gasteiger partial charge >= 0.3 is 6.18 Å². The number of nitrogens with two attached hydrogens (primary N) is 1. The first-order chi connectivity index (χ1) is 7.45. The molecule has 1 rings (SSSR count). The third-order valence-electron chi connectivity index (χ3n) is 1.91. The minimum atomic E-state index is -4.45. The Morgan fingerprint density at radius 1 is 1.31 bits per heavy atom. The van der Waals surface area contributed by atoms with E-state index in [-0.39, 0.29) is 17.7 Å². The summed E-state index contributed by atoms with van der Waals surface area (Å²) in [5.74, 6) is 0. The van der Waals surface area contributed by atoms with E-state index in [1.54, 1.807) is 0 Å². The Morgan fingerprint density at radius 2 is 2.00 bits per heavy atom. The van der Waals surface area contributed by atoms with E-state index in [0.717, 1.165) is 6.07 Å². The number of anilines is 1. The number of benzene rings is 1. The van der Waals surface area contributed by atoms with E-state index in [9.17, 15) is 18.0 Å². The maximum absolute atomic E-state index is 12.6. The molecule has 2 nitrogen and oxygen atoms in total. The molecule has 0 amide bonds. The molecule has 2 N–H and O–H groups in total. The van der Waals surface area contributed by atoms with Gasteiger partial charge in [-0.1, -0.05) is 18.2 Å². The van der Waals surface area contributed by atoms with Crippen LogP contribution < -0.4 is 5.73 Å². The van der Waals surface area contributed by atoms with E-state index in [4.69, 9.17) is 5.73 Å². The van der Waals surface area contributed by atoms with Crippen LogP contribution in [0.15, 0.2) is 24.3 Å². The highest BCUT2D eigenvalue weighted by Crippen LogP contribution is 2.33. The number of nitrogen functional groups attached to an aromatic ring is 1. The highest BCUT2D eigenvalue weighted by atomic mass is 19.4. The fraction of sp³-hybridized carbons (Fsp3) is 0.182. The van der Waals surface area contributed by atoms with Crippen molar-refractivity contribution in [1.29, 1.82) is 0 Å². The van der Waals surface area contributed by atoms with Crippen LogP contribution in [0.3, 0.4) is 0 Å². The number of aldehydes is 1. The molecule has 0 aliphatic rings. The van der Waals surface area contributed by atoms with Gasteiger partial charge < -0.3 is 10.5 Å². The predicted octanol–water partition coefficient (Wildman–Crippen LogP) is 2.89. The summed E-state index contributed by atoms with van der Waals surface area (Å²) in [6.07, 6.45) is -1.12. The monoisotopic (exact) mass is 229 g/mol. The van der Waals surface area contributed by atoms with E-state index in [2.05, 4.69) is 0 Å². The van der Waals surface area contributed by atoms with Gasteiger partial charge in [0.15, 0.2) is 0 Å². The number of allylic oxidation sites excluding steroid dienone is 1. The van der Waals surface area contributed by atoms with Crippen molar-refractivity contribution < 1.29 is 18.0 Å². The normalized spacial score (nSPS) is 11.9. The van der Waals surface area contributed by atoms with Crippen molar-refractivity contribution in [3.8, 4) is 0 Å². The van der Waals surface area contributed by atoms with Crippen molar-refractivity contribution in [2.24, 2.45) is 0 Å². The highest BCUT2D eigenvalue weighted by Gasteiger charge is 2.32. The molecule has 0 heterocycles. The number of hydrogen-bond acceptors (Lipinski definition) is 2. The van der Waals surface area contributed by atoms with Gasteiger partial charge in [-0.15, -0.1) is 0 Å². The van der Waals surface area contributed by atoms with Crippen LogP contribution >= 0.6 is 0 Å². The summed E-state index contributed by atoms with van der Waals surface area (Å²) >= 11 is 0. The number of hydrogen-bond donors (Lipinski definition) is 1. The minimum Gasteiger partial charge on any atom is -0.399 e. The molecule has 0 bridgehead atoms. The Balaban J connectivity index is 3.13. The van der Waals surface area contributed by atoms with Crippen molar-refractivity contribution in [2.45, 2.75) is 12.6 Å². The van der Waals surface area contributed by atoms with E-state index in [1.165, 1.54) is 24.3 Å². The fourth-order valence-corrected chi connectivity index (χ4v) is 1.22. The molecule has 0 aromatic heterocycles. The Morgan fingerprint density at radius 3 is 2.56 bits per heavy atom. The molecular weight excluding hydrogens is 219 g/mol. The van der Waals surface area contributed by atoms with E-state index in [1.807, 2.05) is 0 Å². The molecule has 5 heteroatoms. The lowest BCUT2D eigenvalue weighted by atomic mass is 10.1. The van der Waals surface area contributed by atoms with Gasteiger partial charge in [0, 0.05) is 12.1 Å². The molecule has 0 saturated heterocycles. The SMILES string of the molecule is Nc1ccc(C=CCC=O)c(C(F)(F)F)c1. The minimum absolute atomic E-state index is 0.00329. The van der Waals surface area contributed by atoms with E-state index >= 15 is 0 Å². The first-order valence-corrected chi connectivity index (χ1v) is 4.52. The molecule has 86 valence electrons. The van der Waals surface area contributed by atoms with Crippen molar-refractivity contribution >= 4 is 18.0 Å². The van der Waals surface area contributed by atoms with Crippen LogP contribution in [-0.2, 0) is 11.0 Å². The molecule has 0 saturated carbocycles. The molecule has 1 aromatic rings. The van der Waals surface area contributed by atoms with Gasteiger partial charge in [-0.25, -0.2) is 0 Å². The first kappa shape index (κ1) is 12.3. The van der Waals surface area contributed by atoms with Crippen molar-refractivity contribution in [2.75, 3.05) is 5.73 Å². The van der Waals surface area contributed by atoms with Crippen LogP contribution in [-0.4, -0.2) is 6.29 Å². The molecule has 0 radical (unpaired) electrons. The van der Waals surface area contributed by atoms with E-state index < -0.39 is 11.7 Å². The van der Waals surface area contributed by atoms with Gasteiger partial charge in [0.1, 0.15) is 6.29 Å². The van der Waals surface area contributed by atoms with Gasteiger partial charge in [-0.2, -0.15) is 13.2 Å². The van der Waals surface area contributed by atoms with Gasteiger partial charge in [0.05, 0.1) is 5.56 Å². The Hall–Kier alpha value is -1.78. The Labute approximate surface area is 90.6 Å². The van der Waals surface area contributed by atoms with Gasteiger partial charge in [0.2, 0.25) is 0 Å². The zero-order valence-electron chi connectivity index (χ0n) is 8.29. The molecule has 0 fully saturated rings. The smallest absolute Gasteiger partial charge is 0.399 e. The lowest BCUT2D eigenvalue weighted by Crippen LogP contribution is -2.08. The van der Waals surface area contributed by atoms with Gasteiger partial charge in [-0.3, -0.25) is 0 Å². The number of carbonyl (C=O) groups excluding carboxylic acids is 1. The average Bonchev–Trinajstić information content (AvgIpc) is 2.19. The van der Waals surface area contributed by atoms with E-state index in [0.29, 0.717) is 6.29 Å². The summed E-state index contributed by atoms with van der Waals surface area (Å²) in [5.41, 5.74) is 4.56. The van der Waals surface area contributed by atoms with Crippen LogP contribution in [0.4, 0.5) is 18.9 Å². The van der Waals surface area contributed by atoms with Crippen molar-refractivity contribution in [3.63, 3.8) is 0 Å². The van der Waals surface area contributed by atoms with Gasteiger partial charge in [0.25, 0.3) is 0 Å². The van der Waals surface area contributed by atoms with Crippen molar-refractivity contribution in [3.05, 3.63) is 35.4 Å². The lowest BCUT2D eigenvalue weighted by Gasteiger charge is -2.10. The Bertz CT molecular complexity index is 410. The summed E-state index contributed by atoms with van der Waals surface area (Å²) in [4.78, 5) is 10.0. The average molecular weight is 229 g/mol. The van der Waals surface area contributed by atoms with Gasteiger partial charge in [-0.05, 0) is 17.7 Å². The lowest BCUT2D eigenvalue weighted by molar-refractivity contribution is -0.137. The summed E-state index contributed by atoms with van der Waals surface area (Å²) in [6, 6.07) is 3.54. The van der Waals surface area contributed by atoms with Crippen molar-refractivity contribution in [1.82, 2.24) is 0 Å². The number of rotatable bonds is 3. The second-order valence-electron chi connectivity index (χ2n) is 3.15. The zero-order valence-corrected chi connectivity index (χ0v) is 8.29. The predicted molar refractivity (Wildman–Crippen MR) is 55.6 cm³/mol. The van der Waals surface area contributed by atoms with Crippen LogP contribution in [0.25, 0.3) is 6.08 Å². The second kappa shape index (κ2) is 4.83. The number of carbonyl (C=O) groups is 1. The molecule has 0 aliphatic heterocycles. The second-order valence-corrected chi connectivity index (χ2v) is 3.15. The summed E-state index contributed by atoms with van der Waals surface area (Å²) in [6.45, 7) is 0. The number of halogens is 3. The molecule has 1 aromatic carbocycles. The van der Waals surface area contributed by atoms with Crippen LogP contribution in [0.5, 0.6) is 0 Å². The molecule has 0 unspecified atom stereocenters. The largest absolute Gasteiger partial charge is 0.417 e. The molecule has 0 spiro atoms. The molecule has 0 aliphatic carbocycles. The molecule has 16 heavy (non-hydrogen) atoms. The maximum Gasteiger partial charge on any atom is 0.417 e. The Kier molecular flexibility index (Phi) is 3.71. The molecular formula is C11H10F3NO. The van der Waals surface area contributed by atoms with Crippen LogP contribution in [0, 0.1) is 0 Å². The molecule has 0 atom stereocenters. The van der Waals surface area contributed by atoms with Crippen LogP contribution in [0.1, 0.15) is 17.5 Å². The quantitative estimate of drug-likeness (QED) is 0.639. The standard InChI is InChI=1S/C11H10F3NO/c12-11(13,14)10-7-9(15)5-4-8(10)3-1-2-6-16/h1,3-7H,2,15H2. The summed E-state index contributed by atoms with van der Waals surface area (Å²) < 4.78 is 37.7. The third kappa shape index (κ3) is 3.12.